The van der Waals surface area contributed by atoms with Gasteiger partial charge in [0.2, 0.25) is 0 Å². The second-order valence-electron chi connectivity index (χ2n) is 5.39. The summed E-state index contributed by atoms with van der Waals surface area (Å²) < 4.78 is 5.76. The fraction of sp³-hybridized carbons (Fsp3) is 0.412. The van der Waals surface area contributed by atoms with Crippen LogP contribution in [0.2, 0.25) is 0 Å². The number of rotatable bonds is 7. The third-order valence-corrected chi connectivity index (χ3v) is 3.19. The summed E-state index contributed by atoms with van der Waals surface area (Å²) in [6.45, 7) is 7.10. The van der Waals surface area contributed by atoms with Crippen LogP contribution >= 0.6 is 0 Å². The molecule has 112 valence electrons. The van der Waals surface area contributed by atoms with Crippen molar-refractivity contribution in [2.45, 2.75) is 33.2 Å². The molecule has 0 aliphatic heterocycles. The number of nitrogens with one attached hydrogen (secondary N) is 1. The van der Waals surface area contributed by atoms with E-state index in [4.69, 9.17) is 4.74 Å². The molecule has 1 atom stereocenters. The van der Waals surface area contributed by atoms with Gasteiger partial charge in [0.25, 0.3) is 0 Å². The molecular formula is C17H23N3O. The topological polar surface area (TPSA) is 47.0 Å². The average Bonchev–Trinajstić information content (AvgIpc) is 2.48. The van der Waals surface area contributed by atoms with Crippen LogP contribution in [0.1, 0.15) is 38.8 Å². The lowest BCUT2D eigenvalue weighted by Gasteiger charge is -2.23. The Balaban J connectivity index is 2.27. The molecule has 4 nitrogen and oxygen atoms in total. The standard InChI is InChI=1S/C17H23N3O/c1-4-21-16-8-6-5-7-14(16)15(11-13(2)3)20-17-12-18-9-10-19-17/h5-10,12-13,15H,4,11H2,1-3H3,(H,19,20). The van der Waals surface area contributed by atoms with E-state index in [9.17, 15) is 0 Å². The van der Waals surface area contributed by atoms with Crippen molar-refractivity contribution in [1.82, 2.24) is 9.97 Å². The minimum Gasteiger partial charge on any atom is -0.494 e. The van der Waals surface area contributed by atoms with E-state index < -0.39 is 0 Å². The molecule has 0 aliphatic carbocycles. The lowest BCUT2D eigenvalue weighted by molar-refractivity contribution is 0.333. The van der Waals surface area contributed by atoms with E-state index in [0.717, 1.165) is 18.0 Å². The van der Waals surface area contributed by atoms with E-state index in [1.54, 1.807) is 18.6 Å². The van der Waals surface area contributed by atoms with E-state index in [1.807, 2.05) is 25.1 Å². The first-order valence-electron chi connectivity index (χ1n) is 7.45. The molecule has 0 amide bonds. The number of hydrogen-bond donors (Lipinski definition) is 1. The van der Waals surface area contributed by atoms with Gasteiger partial charge in [0.1, 0.15) is 11.6 Å². The lowest BCUT2D eigenvalue weighted by Crippen LogP contribution is -2.15. The molecule has 1 aromatic carbocycles. The van der Waals surface area contributed by atoms with Crippen LogP contribution in [0, 0.1) is 5.92 Å². The number of ether oxygens (including phenoxy) is 1. The molecule has 4 heteroatoms. The Bertz CT molecular complexity index is 543. The predicted molar refractivity (Wildman–Crippen MR) is 85.5 cm³/mol. The third kappa shape index (κ3) is 4.45. The fourth-order valence-electron chi connectivity index (χ4n) is 2.34. The Morgan fingerprint density at radius 2 is 2.00 bits per heavy atom. The van der Waals surface area contributed by atoms with Crippen molar-refractivity contribution < 1.29 is 4.74 Å². The summed E-state index contributed by atoms with van der Waals surface area (Å²) in [4.78, 5) is 8.43. The smallest absolute Gasteiger partial charge is 0.144 e. The summed E-state index contributed by atoms with van der Waals surface area (Å²) in [5.74, 6) is 2.28. The molecule has 0 fully saturated rings. The van der Waals surface area contributed by atoms with Crippen LogP contribution in [0.4, 0.5) is 5.82 Å². The number of hydrogen-bond acceptors (Lipinski definition) is 4. The van der Waals surface area contributed by atoms with Crippen molar-refractivity contribution in [3.05, 3.63) is 48.4 Å². The largest absolute Gasteiger partial charge is 0.494 e. The molecule has 1 unspecified atom stereocenters. The predicted octanol–water partition coefficient (Wildman–Crippen LogP) is 4.07. The molecule has 1 N–H and O–H groups in total. The van der Waals surface area contributed by atoms with Gasteiger partial charge in [0, 0.05) is 18.0 Å². The van der Waals surface area contributed by atoms with Crippen molar-refractivity contribution in [3.63, 3.8) is 0 Å². The van der Waals surface area contributed by atoms with Crippen molar-refractivity contribution >= 4 is 5.82 Å². The second kappa shape index (κ2) is 7.62. The van der Waals surface area contributed by atoms with Crippen LogP contribution in [-0.4, -0.2) is 16.6 Å². The molecule has 21 heavy (non-hydrogen) atoms. The van der Waals surface area contributed by atoms with Gasteiger partial charge in [-0.3, -0.25) is 4.98 Å². The van der Waals surface area contributed by atoms with Crippen molar-refractivity contribution in [3.8, 4) is 5.75 Å². The highest BCUT2D eigenvalue weighted by Gasteiger charge is 2.18. The van der Waals surface area contributed by atoms with Crippen LogP contribution in [0.5, 0.6) is 5.75 Å². The van der Waals surface area contributed by atoms with Crippen LogP contribution < -0.4 is 10.1 Å². The maximum Gasteiger partial charge on any atom is 0.144 e. The van der Waals surface area contributed by atoms with Crippen molar-refractivity contribution in [2.75, 3.05) is 11.9 Å². The van der Waals surface area contributed by atoms with Gasteiger partial charge in [-0.25, -0.2) is 4.98 Å². The van der Waals surface area contributed by atoms with Gasteiger partial charge in [0.15, 0.2) is 0 Å². The number of aromatic nitrogens is 2. The Morgan fingerprint density at radius 1 is 1.19 bits per heavy atom. The summed E-state index contributed by atoms with van der Waals surface area (Å²) in [6.07, 6.45) is 6.12. The Labute approximate surface area is 126 Å². The minimum atomic E-state index is 0.157. The summed E-state index contributed by atoms with van der Waals surface area (Å²) in [7, 11) is 0. The van der Waals surface area contributed by atoms with E-state index in [0.29, 0.717) is 12.5 Å². The van der Waals surface area contributed by atoms with E-state index in [-0.39, 0.29) is 6.04 Å². The minimum absolute atomic E-state index is 0.157. The maximum atomic E-state index is 5.76. The molecule has 0 saturated heterocycles. The first kappa shape index (κ1) is 15.3. The average molecular weight is 285 g/mol. The van der Waals surface area contributed by atoms with Crippen LogP contribution in [0.3, 0.4) is 0 Å². The first-order chi connectivity index (χ1) is 10.2. The number of para-hydroxylation sites is 1. The van der Waals surface area contributed by atoms with Gasteiger partial charge in [-0.15, -0.1) is 0 Å². The van der Waals surface area contributed by atoms with Gasteiger partial charge in [0.05, 0.1) is 18.8 Å². The summed E-state index contributed by atoms with van der Waals surface area (Å²) in [5, 5.41) is 3.47. The summed E-state index contributed by atoms with van der Waals surface area (Å²) in [5.41, 5.74) is 1.17. The molecule has 1 aromatic heterocycles. The van der Waals surface area contributed by atoms with Crippen LogP contribution in [-0.2, 0) is 0 Å². The summed E-state index contributed by atoms with van der Waals surface area (Å²) in [6, 6.07) is 8.34. The molecule has 2 aromatic rings. The van der Waals surface area contributed by atoms with Crippen molar-refractivity contribution in [2.24, 2.45) is 5.92 Å². The number of nitrogens with zero attached hydrogens (tertiary/aromatic N) is 2. The molecule has 0 saturated carbocycles. The second-order valence-corrected chi connectivity index (χ2v) is 5.39. The lowest BCUT2D eigenvalue weighted by atomic mass is 9.96. The zero-order valence-electron chi connectivity index (χ0n) is 12.9. The molecular weight excluding hydrogens is 262 g/mol. The van der Waals surface area contributed by atoms with Gasteiger partial charge in [-0.1, -0.05) is 32.0 Å². The zero-order chi connectivity index (χ0) is 15.1. The Kier molecular flexibility index (Phi) is 5.55. The highest BCUT2D eigenvalue weighted by Crippen LogP contribution is 2.31. The van der Waals surface area contributed by atoms with Crippen molar-refractivity contribution in [1.29, 1.82) is 0 Å². The molecule has 0 radical (unpaired) electrons. The Hall–Kier alpha value is -2.10. The highest BCUT2D eigenvalue weighted by molar-refractivity contribution is 5.42. The van der Waals surface area contributed by atoms with E-state index >= 15 is 0 Å². The van der Waals surface area contributed by atoms with Gasteiger partial charge < -0.3 is 10.1 Å². The Morgan fingerprint density at radius 3 is 2.67 bits per heavy atom. The third-order valence-electron chi connectivity index (χ3n) is 3.19. The monoisotopic (exact) mass is 285 g/mol. The first-order valence-corrected chi connectivity index (χ1v) is 7.45. The summed E-state index contributed by atoms with van der Waals surface area (Å²) >= 11 is 0. The zero-order valence-corrected chi connectivity index (χ0v) is 12.9. The number of benzene rings is 1. The molecule has 1 heterocycles. The van der Waals surface area contributed by atoms with E-state index in [1.165, 1.54) is 5.56 Å². The van der Waals surface area contributed by atoms with E-state index in [2.05, 4.69) is 35.2 Å². The van der Waals surface area contributed by atoms with Crippen LogP contribution in [0.25, 0.3) is 0 Å². The van der Waals surface area contributed by atoms with Gasteiger partial charge in [-0.05, 0) is 25.3 Å². The molecule has 0 spiro atoms. The van der Waals surface area contributed by atoms with Gasteiger partial charge in [-0.2, -0.15) is 0 Å². The van der Waals surface area contributed by atoms with Gasteiger partial charge >= 0.3 is 0 Å². The normalized spacial score (nSPS) is 12.2. The molecule has 0 aliphatic rings. The molecule has 0 bridgehead atoms. The maximum absolute atomic E-state index is 5.76. The highest BCUT2D eigenvalue weighted by atomic mass is 16.5. The quantitative estimate of drug-likeness (QED) is 0.833. The fourth-order valence-corrected chi connectivity index (χ4v) is 2.34. The number of anilines is 1. The molecule has 2 rings (SSSR count). The SMILES string of the molecule is CCOc1ccccc1C(CC(C)C)Nc1cnccn1. The van der Waals surface area contributed by atoms with Crippen LogP contribution in [0.15, 0.2) is 42.9 Å².